The van der Waals surface area contributed by atoms with Crippen LogP contribution in [0.25, 0.3) is 0 Å². The lowest BCUT2D eigenvalue weighted by Crippen LogP contribution is -2.37. The molecule has 0 spiro atoms. The van der Waals surface area contributed by atoms with Crippen LogP contribution >= 0.6 is 27.3 Å². The number of ether oxygens (including phenoxy) is 2. The maximum Gasteiger partial charge on any atom is 0.0933 e. The molecule has 2 rings (SSSR count). The average Bonchev–Trinajstić information content (AvgIpc) is 2.66. The Morgan fingerprint density at radius 1 is 1.47 bits per heavy atom. The molecule has 0 bridgehead atoms. The number of halogens is 1. The van der Waals surface area contributed by atoms with Crippen molar-refractivity contribution in [3.8, 4) is 0 Å². The van der Waals surface area contributed by atoms with E-state index in [-0.39, 0.29) is 6.10 Å². The Hall–Kier alpha value is 0.0600. The second kappa shape index (κ2) is 5.96. The number of hydrogen-bond acceptors (Lipinski definition) is 4. The van der Waals surface area contributed by atoms with Crippen LogP contribution in [0, 0.1) is 0 Å². The molecule has 1 fully saturated rings. The molecule has 15 heavy (non-hydrogen) atoms. The summed E-state index contributed by atoms with van der Waals surface area (Å²) in [5.74, 6) is 0. The van der Waals surface area contributed by atoms with Crippen LogP contribution < -0.4 is 5.32 Å². The van der Waals surface area contributed by atoms with E-state index in [4.69, 9.17) is 9.47 Å². The van der Waals surface area contributed by atoms with E-state index in [1.807, 2.05) is 0 Å². The fourth-order valence-corrected chi connectivity index (χ4v) is 2.91. The SMILES string of the molecule is Brc1ccc(CNCC2COCCO2)s1. The van der Waals surface area contributed by atoms with Crippen molar-refractivity contribution in [1.82, 2.24) is 5.32 Å². The Balaban J connectivity index is 1.65. The van der Waals surface area contributed by atoms with E-state index in [0.717, 1.165) is 26.3 Å². The van der Waals surface area contributed by atoms with Gasteiger partial charge in [-0.05, 0) is 28.1 Å². The highest BCUT2D eigenvalue weighted by molar-refractivity contribution is 9.11. The van der Waals surface area contributed by atoms with Crippen LogP contribution in [0.4, 0.5) is 0 Å². The van der Waals surface area contributed by atoms with Gasteiger partial charge in [-0.15, -0.1) is 11.3 Å². The highest BCUT2D eigenvalue weighted by Gasteiger charge is 2.13. The van der Waals surface area contributed by atoms with Crippen LogP contribution in [0.15, 0.2) is 15.9 Å². The van der Waals surface area contributed by atoms with Crippen molar-refractivity contribution in [2.75, 3.05) is 26.4 Å². The van der Waals surface area contributed by atoms with Crippen molar-refractivity contribution < 1.29 is 9.47 Å². The summed E-state index contributed by atoms with van der Waals surface area (Å²) in [5.41, 5.74) is 0. The standard InChI is InChI=1S/C10H14BrNO2S/c11-10-2-1-9(15-10)6-12-5-8-7-13-3-4-14-8/h1-2,8,12H,3-7H2. The van der Waals surface area contributed by atoms with Gasteiger partial charge in [0.25, 0.3) is 0 Å². The van der Waals surface area contributed by atoms with Gasteiger partial charge in [0, 0.05) is 18.0 Å². The smallest absolute Gasteiger partial charge is 0.0933 e. The van der Waals surface area contributed by atoms with Gasteiger partial charge in [-0.2, -0.15) is 0 Å². The average molecular weight is 292 g/mol. The fourth-order valence-electron chi connectivity index (χ4n) is 1.46. The number of hydrogen-bond donors (Lipinski definition) is 1. The zero-order valence-electron chi connectivity index (χ0n) is 8.37. The topological polar surface area (TPSA) is 30.5 Å². The molecule has 1 atom stereocenters. The Labute approximate surface area is 102 Å². The molecule has 0 saturated carbocycles. The Morgan fingerprint density at radius 3 is 3.07 bits per heavy atom. The first-order valence-electron chi connectivity index (χ1n) is 4.99. The van der Waals surface area contributed by atoms with Crippen LogP contribution in [-0.4, -0.2) is 32.5 Å². The van der Waals surface area contributed by atoms with Crippen LogP contribution in [0.1, 0.15) is 4.88 Å². The first kappa shape index (κ1) is 11.5. The first-order valence-corrected chi connectivity index (χ1v) is 6.60. The molecular weight excluding hydrogens is 278 g/mol. The molecule has 2 heterocycles. The minimum atomic E-state index is 0.210. The van der Waals surface area contributed by atoms with Crippen LogP contribution in [0.3, 0.4) is 0 Å². The van der Waals surface area contributed by atoms with Crippen LogP contribution in [0.2, 0.25) is 0 Å². The normalized spacial score (nSPS) is 21.8. The Kier molecular flexibility index (Phi) is 4.59. The highest BCUT2D eigenvalue weighted by atomic mass is 79.9. The fraction of sp³-hybridized carbons (Fsp3) is 0.600. The van der Waals surface area contributed by atoms with E-state index in [1.165, 1.54) is 8.66 Å². The summed E-state index contributed by atoms with van der Waals surface area (Å²) in [6.07, 6.45) is 0.210. The maximum atomic E-state index is 5.53. The summed E-state index contributed by atoms with van der Waals surface area (Å²) in [7, 11) is 0. The molecule has 1 aliphatic rings. The van der Waals surface area contributed by atoms with Gasteiger partial charge in [-0.25, -0.2) is 0 Å². The van der Waals surface area contributed by atoms with E-state index in [9.17, 15) is 0 Å². The predicted molar refractivity (Wildman–Crippen MR) is 64.3 cm³/mol. The minimum absolute atomic E-state index is 0.210. The van der Waals surface area contributed by atoms with Crippen LogP contribution in [-0.2, 0) is 16.0 Å². The largest absolute Gasteiger partial charge is 0.376 e. The molecule has 1 N–H and O–H groups in total. The molecule has 1 unspecified atom stereocenters. The summed E-state index contributed by atoms with van der Waals surface area (Å²) >= 11 is 5.20. The molecule has 1 aromatic rings. The zero-order valence-corrected chi connectivity index (χ0v) is 10.8. The maximum absolute atomic E-state index is 5.53. The van der Waals surface area contributed by atoms with Gasteiger partial charge >= 0.3 is 0 Å². The van der Waals surface area contributed by atoms with E-state index in [0.29, 0.717) is 6.61 Å². The minimum Gasteiger partial charge on any atom is -0.376 e. The number of thiophene rings is 1. The molecule has 1 aromatic heterocycles. The lowest BCUT2D eigenvalue weighted by Gasteiger charge is -2.22. The Morgan fingerprint density at radius 2 is 2.40 bits per heavy atom. The molecule has 84 valence electrons. The molecular formula is C10H14BrNO2S. The van der Waals surface area contributed by atoms with Crippen molar-refractivity contribution in [3.63, 3.8) is 0 Å². The van der Waals surface area contributed by atoms with Gasteiger partial charge in [-0.1, -0.05) is 0 Å². The summed E-state index contributed by atoms with van der Waals surface area (Å²) < 4.78 is 12.0. The van der Waals surface area contributed by atoms with Gasteiger partial charge in [0.15, 0.2) is 0 Å². The van der Waals surface area contributed by atoms with Gasteiger partial charge in [0.2, 0.25) is 0 Å². The van der Waals surface area contributed by atoms with E-state index >= 15 is 0 Å². The van der Waals surface area contributed by atoms with Crippen molar-refractivity contribution >= 4 is 27.3 Å². The molecule has 0 amide bonds. The third-order valence-electron chi connectivity index (χ3n) is 2.19. The summed E-state index contributed by atoms with van der Waals surface area (Å²) in [6.45, 7) is 3.91. The van der Waals surface area contributed by atoms with Crippen molar-refractivity contribution in [1.29, 1.82) is 0 Å². The van der Waals surface area contributed by atoms with E-state index in [2.05, 4.69) is 33.4 Å². The van der Waals surface area contributed by atoms with Crippen molar-refractivity contribution in [2.24, 2.45) is 0 Å². The summed E-state index contributed by atoms with van der Waals surface area (Å²) in [5, 5.41) is 3.37. The number of rotatable bonds is 4. The van der Waals surface area contributed by atoms with Gasteiger partial charge in [0.1, 0.15) is 0 Å². The van der Waals surface area contributed by atoms with Crippen molar-refractivity contribution in [3.05, 3.63) is 20.8 Å². The Bertz CT molecular complexity index is 299. The zero-order chi connectivity index (χ0) is 10.5. The summed E-state index contributed by atoms with van der Waals surface area (Å²) in [4.78, 5) is 1.33. The lowest BCUT2D eigenvalue weighted by molar-refractivity contribution is -0.0864. The van der Waals surface area contributed by atoms with Crippen LogP contribution in [0.5, 0.6) is 0 Å². The number of nitrogens with one attached hydrogen (secondary N) is 1. The van der Waals surface area contributed by atoms with E-state index in [1.54, 1.807) is 11.3 Å². The third kappa shape index (κ3) is 3.85. The van der Waals surface area contributed by atoms with Gasteiger partial charge < -0.3 is 14.8 Å². The third-order valence-corrected chi connectivity index (χ3v) is 3.81. The van der Waals surface area contributed by atoms with Gasteiger partial charge in [0.05, 0.1) is 29.7 Å². The molecule has 1 saturated heterocycles. The monoisotopic (exact) mass is 291 g/mol. The quantitative estimate of drug-likeness (QED) is 0.921. The predicted octanol–water partition coefficient (Wildman–Crippen LogP) is 2.02. The summed E-state index contributed by atoms with van der Waals surface area (Å²) in [6, 6.07) is 4.20. The lowest BCUT2D eigenvalue weighted by atomic mass is 10.3. The molecule has 5 heteroatoms. The molecule has 0 aromatic carbocycles. The highest BCUT2D eigenvalue weighted by Crippen LogP contribution is 2.21. The first-order chi connectivity index (χ1) is 7.34. The van der Waals surface area contributed by atoms with Crippen molar-refractivity contribution in [2.45, 2.75) is 12.6 Å². The van der Waals surface area contributed by atoms with Gasteiger partial charge in [-0.3, -0.25) is 0 Å². The second-order valence-corrected chi connectivity index (χ2v) is 5.95. The molecule has 3 nitrogen and oxygen atoms in total. The molecule has 0 aliphatic carbocycles. The van der Waals surface area contributed by atoms with E-state index < -0.39 is 0 Å². The molecule has 1 aliphatic heterocycles. The molecule has 0 radical (unpaired) electrons. The second-order valence-electron chi connectivity index (χ2n) is 3.40.